The van der Waals surface area contributed by atoms with Crippen molar-refractivity contribution in [3.8, 4) is 0 Å². The van der Waals surface area contributed by atoms with E-state index >= 15 is 0 Å². The van der Waals surface area contributed by atoms with E-state index in [1.165, 1.54) is 17.5 Å². The maximum atomic E-state index is 4.85. The molecule has 0 amide bonds. The van der Waals surface area contributed by atoms with Crippen LogP contribution in [0.1, 0.15) is 41.4 Å². The number of hydrogen-bond acceptors (Lipinski definition) is 5. The van der Waals surface area contributed by atoms with Crippen LogP contribution in [0.4, 0.5) is 0 Å². The SMILES string of the molecule is Cc1cnccc1CN1CCC[C@@H]1c1cncc(CN(C)C)n1. The van der Waals surface area contributed by atoms with Crippen molar-refractivity contribution in [2.24, 2.45) is 0 Å². The molecule has 1 saturated heterocycles. The van der Waals surface area contributed by atoms with E-state index in [0.717, 1.165) is 37.4 Å². The number of aryl methyl sites for hydroxylation is 1. The van der Waals surface area contributed by atoms with E-state index < -0.39 is 0 Å². The molecule has 5 nitrogen and oxygen atoms in total. The first-order valence-electron chi connectivity index (χ1n) is 8.22. The van der Waals surface area contributed by atoms with Crippen LogP contribution in [0.2, 0.25) is 0 Å². The highest BCUT2D eigenvalue weighted by Crippen LogP contribution is 2.32. The number of aromatic nitrogens is 3. The summed E-state index contributed by atoms with van der Waals surface area (Å²) in [4.78, 5) is 18.1. The van der Waals surface area contributed by atoms with Crippen molar-refractivity contribution in [1.29, 1.82) is 0 Å². The molecular weight excluding hydrogens is 286 g/mol. The molecule has 2 aromatic rings. The molecule has 1 aliphatic heterocycles. The highest BCUT2D eigenvalue weighted by molar-refractivity contribution is 5.22. The molecule has 0 aromatic carbocycles. The van der Waals surface area contributed by atoms with Crippen LogP contribution < -0.4 is 0 Å². The summed E-state index contributed by atoms with van der Waals surface area (Å²) in [5.74, 6) is 0. The minimum Gasteiger partial charge on any atom is -0.304 e. The molecule has 3 rings (SSSR count). The quantitative estimate of drug-likeness (QED) is 0.849. The third-order valence-corrected chi connectivity index (χ3v) is 4.40. The summed E-state index contributed by atoms with van der Waals surface area (Å²) < 4.78 is 0. The molecule has 1 atom stereocenters. The minimum atomic E-state index is 0.372. The van der Waals surface area contributed by atoms with Crippen LogP contribution in [-0.4, -0.2) is 45.4 Å². The lowest BCUT2D eigenvalue weighted by Gasteiger charge is -2.25. The maximum Gasteiger partial charge on any atom is 0.0762 e. The van der Waals surface area contributed by atoms with Crippen molar-refractivity contribution in [3.05, 3.63) is 53.4 Å². The molecule has 23 heavy (non-hydrogen) atoms. The Morgan fingerprint density at radius 1 is 1.22 bits per heavy atom. The molecule has 3 heterocycles. The average molecular weight is 311 g/mol. The molecule has 1 aliphatic rings. The third-order valence-electron chi connectivity index (χ3n) is 4.40. The van der Waals surface area contributed by atoms with E-state index in [1.807, 2.05) is 24.8 Å². The van der Waals surface area contributed by atoms with Gasteiger partial charge in [0.1, 0.15) is 0 Å². The smallest absolute Gasteiger partial charge is 0.0762 e. The Balaban J connectivity index is 1.77. The van der Waals surface area contributed by atoms with E-state index in [1.54, 1.807) is 0 Å². The van der Waals surface area contributed by atoms with Gasteiger partial charge in [0, 0.05) is 37.9 Å². The molecule has 0 aliphatic carbocycles. The van der Waals surface area contributed by atoms with Crippen LogP contribution in [0.3, 0.4) is 0 Å². The van der Waals surface area contributed by atoms with Gasteiger partial charge in [0.2, 0.25) is 0 Å². The Kier molecular flexibility index (Phi) is 4.98. The Morgan fingerprint density at radius 2 is 2.09 bits per heavy atom. The molecule has 0 saturated carbocycles. The summed E-state index contributed by atoms with van der Waals surface area (Å²) in [5.41, 5.74) is 4.75. The summed E-state index contributed by atoms with van der Waals surface area (Å²) >= 11 is 0. The van der Waals surface area contributed by atoms with Gasteiger partial charge in [0.25, 0.3) is 0 Å². The van der Waals surface area contributed by atoms with Crippen LogP contribution in [0.25, 0.3) is 0 Å². The van der Waals surface area contributed by atoms with Crippen LogP contribution in [0.15, 0.2) is 30.9 Å². The van der Waals surface area contributed by atoms with Gasteiger partial charge in [-0.3, -0.25) is 19.9 Å². The van der Waals surface area contributed by atoms with Crippen molar-refractivity contribution in [2.75, 3.05) is 20.6 Å². The van der Waals surface area contributed by atoms with Crippen molar-refractivity contribution in [1.82, 2.24) is 24.8 Å². The Bertz CT molecular complexity index is 655. The van der Waals surface area contributed by atoms with Gasteiger partial charge in [-0.05, 0) is 57.6 Å². The zero-order valence-electron chi connectivity index (χ0n) is 14.2. The van der Waals surface area contributed by atoms with Gasteiger partial charge in [-0.2, -0.15) is 0 Å². The monoisotopic (exact) mass is 311 g/mol. The van der Waals surface area contributed by atoms with E-state index in [0.29, 0.717) is 6.04 Å². The number of hydrogen-bond donors (Lipinski definition) is 0. The number of rotatable bonds is 5. The third kappa shape index (κ3) is 3.92. The lowest BCUT2D eigenvalue weighted by Crippen LogP contribution is -2.24. The second-order valence-corrected chi connectivity index (χ2v) is 6.60. The minimum absolute atomic E-state index is 0.372. The number of nitrogens with zero attached hydrogens (tertiary/aromatic N) is 5. The van der Waals surface area contributed by atoms with Gasteiger partial charge in [-0.25, -0.2) is 0 Å². The number of pyridine rings is 1. The summed E-state index contributed by atoms with van der Waals surface area (Å²) in [6, 6.07) is 2.50. The van der Waals surface area contributed by atoms with Crippen LogP contribution in [-0.2, 0) is 13.1 Å². The summed E-state index contributed by atoms with van der Waals surface area (Å²) in [5, 5.41) is 0. The number of likely N-dealkylation sites (tertiary alicyclic amines) is 1. The molecule has 0 unspecified atom stereocenters. The predicted octanol–water partition coefficient (Wildman–Crippen LogP) is 2.58. The highest BCUT2D eigenvalue weighted by Gasteiger charge is 2.27. The maximum absolute atomic E-state index is 4.85. The Labute approximate surface area is 138 Å². The molecule has 0 N–H and O–H groups in total. The van der Waals surface area contributed by atoms with Crippen LogP contribution >= 0.6 is 0 Å². The zero-order chi connectivity index (χ0) is 16.2. The topological polar surface area (TPSA) is 45.2 Å². The first-order valence-corrected chi connectivity index (χ1v) is 8.22. The zero-order valence-corrected chi connectivity index (χ0v) is 14.2. The molecule has 0 bridgehead atoms. The van der Waals surface area contributed by atoms with Crippen molar-refractivity contribution in [2.45, 2.75) is 38.9 Å². The van der Waals surface area contributed by atoms with Crippen LogP contribution in [0.5, 0.6) is 0 Å². The second-order valence-electron chi connectivity index (χ2n) is 6.60. The van der Waals surface area contributed by atoms with Crippen molar-refractivity contribution in [3.63, 3.8) is 0 Å². The first-order chi connectivity index (χ1) is 11.1. The summed E-state index contributed by atoms with van der Waals surface area (Å²) in [7, 11) is 4.12. The predicted molar refractivity (Wildman–Crippen MR) is 90.8 cm³/mol. The summed E-state index contributed by atoms with van der Waals surface area (Å²) in [6.45, 7) is 5.03. The Hall–Kier alpha value is -1.85. The van der Waals surface area contributed by atoms with Crippen molar-refractivity contribution < 1.29 is 0 Å². The molecular formula is C18H25N5. The fourth-order valence-electron chi connectivity index (χ4n) is 3.23. The highest BCUT2D eigenvalue weighted by atomic mass is 15.2. The Morgan fingerprint density at radius 3 is 2.87 bits per heavy atom. The largest absolute Gasteiger partial charge is 0.304 e. The molecule has 5 heteroatoms. The lowest BCUT2D eigenvalue weighted by atomic mass is 10.1. The molecule has 1 fully saturated rings. The second kappa shape index (κ2) is 7.15. The van der Waals surface area contributed by atoms with E-state index in [4.69, 9.17) is 4.98 Å². The fraction of sp³-hybridized carbons (Fsp3) is 0.500. The normalized spacial score (nSPS) is 18.7. The van der Waals surface area contributed by atoms with Gasteiger partial charge in [-0.15, -0.1) is 0 Å². The molecule has 0 spiro atoms. The van der Waals surface area contributed by atoms with Crippen LogP contribution in [0, 0.1) is 6.92 Å². The van der Waals surface area contributed by atoms with Gasteiger partial charge in [0.05, 0.1) is 17.4 Å². The van der Waals surface area contributed by atoms with Crippen molar-refractivity contribution >= 4 is 0 Å². The fourth-order valence-corrected chi connectivity index (χ4v) is 3.23. The standard InChI is InChI=1S/C18H25N5/c1-14-9-19-7-6-15(14)12-23-8-4-5-18(23)17-11-20-10-16(21-17)13-22(2)3/h6-7,9-11,18H,4-5,8,12-13H2,1-3H3/t18-/m1/s1. The van der Waals surface area contributed by atoms with Gasteiger partial charge < -0.3 is 4.90 Å². The molecule has 122 valence electrons. The molecule has 2 aromatic heterocycles. The van der Waals surface area contributed by atoms with Gasteiger partial charge >= 0.3 is 0 Å². The summed E-state index contributed by atoms with van der Waals surface area (Å²) in [6.07, 6.45) is 10.00. The first kappa shape index (κ1) is 16.0. The van der Waals surface area contributed by atoms with E-state index in [-0.39, 0.29) is 0 Å². The van der Waals surface area contributed by atoms with Gasteiger partial charge in [0.15, 0.2) is 0 Å². The van der Waals surface area contributed by atoms with Gasteiger partial charge in [-0.1, -0.05) is 0 Å². The lowest BCUT2D eigenvalue weighted by molar-refractivity contribution is 0.242. The van der Waals surface area contributed by atoms with E-state index in [9.17, 15) is 0 Å². The van der Waals surface area contributed by atoms with E-state index in [2.05, 4.69) is 46.9 Å². The average Bonchev–Trinajstić information content (AvgIpc) is 2.97. The molecule has 0 radical (unpaired) electrons.